The van der Waals surface area contributed by atoms with Gasteiger partial charge in [0.15, 0.2) is 9.84 Å². The van der Waals surface area contributed by atoms with Crippen LogP contribution in [0.15, 0.2) is 24.3 Å². The lowest BCUT2D eigenvalue weighted by atomic mass is 10.0. The maximum absolute atomic E-state index is 11.3. The van der Waals surface area contributed by atoms with Gasteiger partial charge in [-0.3, -0.25) is 0 Å². The minimum Gasteiger partial charge on any atom is -0.489 e. The van der Waals surface area contributed by atoms with E-state index >= 15 is 0 Å². The highest BCUT2D eigenvalue weighted by atomic mass is 32.2. The summed E-state index contributed by atoms with van der Waals surface area (Å²) in [5, 5.41) is 0. The third kappa shape index (κ3) is 4.21. The quantitative estimate of drug-likeness (QED) is 0.890. The van der Waals surface area contributed by atoms with Crippen LogP contribution in [0.25, 0.3) is 0 Å². The van der Waals surface area contributed by atoms with Crippen LogP contribution in [0.2, 0.25) is 0 Å². The van der Waals surface area contributed by atoms with Gasteiger partial charge >= 0.3 is 0 Å². The van der Waals surface area contributed by atoms with Crippen LogP contribution in [-0.2, 0) is 16.3 Å². The second-order valence-electron chi connectivity index (χ2n) is 5.16. The topological polar surface area (TPSA) is 69.4 Å². The number of ether oxygens (including phenoxy) is 1. The molecule has 1 heterocycles. The summed E-state index contributed by atoms with van der Waals surface area (Å²) >= 11 is 0. The first kappa shape index (κ1) is 14.3. The Morgan fingerprint density at radius 1 is 1.37 bits per heavy atom. The van der Waals surface area contributed by atoms with Crippen LogP contribution in [-0.4, -0.2) is 32.1 Å². The van der Waals surface area contributed by atoms with E-state index in [2.05, 4.69) is 6.92 Å². The van der Waals surface area contributed by atoms with Crippen molar-refractivity contribution >= 4 is 9.84 Å². The average Bonchev–Trinajstić information content (AvgIpc) is 2.71. The highest BCUT2D eigenvalue weighted by Crippen LogP contribution is 2.20. The Labute approximate surface area is 114 Å². The van der Waals surface area contributed by atoms with Crippen molar-refractivity contribution in [3.63, 3.8) is 0 Å². The normalized spacial score (nSPS) is 23.2. The van der Waals surface area contributed by atoms with Crippen LogP contribution in [0.3, 0.4) is 0 Å². The molecule has 106 valence electrons. The van der Waals surface area contributed by atoms with Gasteiger partial charge in [0.1, 0.15) is 11.9 Å². The molecular weight excluding hydrogens is 262 g/mol. The zero-order valence-electron chi connectivity index (χ0n) is 11.2. The third-order valence-electron chi connectivity index (χ3n) is 3.44. The molecule has 0 aliphatic carbocycles. The highest BCUT2D eigenvalue weighted by Gasteiger charge is 2.29. The molecule has 0 aromatic heterocycles. The Kier molecular flexibility index (Phi) is 4.47. The predicted octanol–water partition coefficient (Wildman–Crippen LogP) is 1.53. The van der Waals surface area contributed by atoms with Crippen LogP contribution >= 0.6 is 0 Å². The van der Waals surface area contributed by atoms with Crippen molar-refractivity contribution in [2.75, 3.05) is 11.5 Å². The Bertz CT molecular complexity index is 510. The molecule has 2 rings (SSSR count). The minimum atomic E-state index is -2.88. The van der Waals surface area contributed by atoms with Crippen molar-refractivity contribution in [1.82, 2.24) is 0 Å². The molecule has 1 saturated heterocycles. The van der Waals surface area contributed by atoms with E-state index in [0.717, 1.165) is 18.6 Å². The van der Waals surface area contributed by atoms with Gasteiger partial charge in [-0.15, -0.1) is 0 Å². The molecule has 2 unspecified atom stereocenters. The first-order valence-corrected chi connectivity index (χ1v) is 8.52. The summed E-state index contributed by atoms with van der Waals surface area (Å²) in [6.07, 6.45) is 2.20. The molecule has 1 aliphatic heterocycles. The van der Waals surface area contributed by atoms with Crippen molar-refractivity contribution in [3.8, 4) is 5.75 Å². The molecular formula is C14H21NO3S. The number of sulfone groups is 1. The summed E-state index contributed by atoms with van der Waals surface area (Å²) in [6, 6.07) is 7.96. The second kappa shape index (κ2) is 5.92. The molecule has 0 saturated carbocycles. The second-order valence-corrected chi connectivity index (χ2v) is 7.39. The minimum absolute atomic E-state index is 0.134. The van der Waals surface area contributed by atoms with Gasteiger partial charge in [-0.1, -0.05) is 19.1 Å². The van der Waals surface area contributed by atoms with Crippen LogP contribution < -0.4 is 10.5 Å². The van der Waals surface area contributed by atoms with Crippen molar-refractivity contribution in [3.05, 3.63) is 29.8 Å². The molecule has 1 fully saturated rings. The van der Waals surface area contributed by atoms with Gasteiger partial charge in [0.25, 0.3) is 0 Å². The average molecular weight is 283 g/mol. The summed E-state index contributed by atoms with van der Waals surface area (Å²) in [5.74, 6) is 1.10. The monoisotopic (exact) mass is 283 g/mol. The van der Waals surface area contributed by atoms with E-state index in [9.17, 15) is 8.42 Å². The zero-order chi connectivity index (χ0) is 13.9. The number of rotatable bonds is 5. The molecule has 5 heteroatoms. The molecule has 1 aliphatic rings. The van der Waals surface area contributed by atoms with E-state index in [4.69, 9.17) is 10.5 Å². The van der Waals surface area contributed by atoms with Crippen molar-refractivity contribution in [1.29, 1.82) is 0 Å². The van der Waals surface area contributed by atoms with Gasteiger partial charge in [-0.2, -0.15) is 0 Å². The number of hydrogen-bond donors (Lipinski definition) is 1. The fourth-order valence-corrected chi connectivity index (χ4v) is 3.79. The van der Waals surface area contributed by atoms with E-state index in [1.165, 1.54) is 5.56 Å². The number of nitrogens with two attached hydrogens (primary N) is 1. The standard InChI is InChI=1S/C14H21NO3S/c1-2-12(15)9-11-3-5-13(6-4-11)18-14-7-8-19(16,17)10-14/h3-6,12,14H,2,7-10,15H2,1H3. The predicted molar refractivity (Wildman–Crippen MR) is 76.1 cm³/mol. The third-order valence-corrected chi connectivity index (χ3v) is 5.18. The molecule has 1 aromatic rings. The molecule has 0 amide bonds. The lowest BCUT2D eigenvalue weighted by Crippen LogP contribution is -2.21. The lowest BCUT2D eigenvalue weighted by molar-refractivity contribution is 0.229. The zero-order valence-corrected chi connectivity index (χ0v) is 12.0. The Morgan fingerprint density at radius 3 is 2.58 bits per heavy atom. The summed E-state index contributed by atoms with van der Waals surface area (Å²) in [5.41, 5.74) is 7.09. The smallest absolute Gasteiger partial charge is 0.154 e. The van der Waals surface area contributed by atoms with Gasteiger partial charge in [0.05, 0.1) is 11.5 Å². The van der Waals surface area contributed by atoms with E-state index in [-0.39, 0.29) is 23.7 Å². The van der Waals surface area contributed by atoms with Crippen molar-refractivity contribution in [2.24, 2.45) is 5.73 Å². The van der Waals surface area contributed by atoms with Crippen LogP contribution in [0.5, 0.6) is 5.75 Å². The largest absolute Gasteiger partial charge is 0.489 e. The van der Waals surface area contributed by atoms with E-state index < -0.39 is 9.84 Å². The van der Waals surface area contributed by atoms with Crippen LogP contribution in [0.1, 0.15) is 25.3 Å². The van der Waals surface area contributed by atoms with Crippen molar-refractivity contribution in [2.45, 2.75) is 38.3 Å². The van der Waals surface area contributed by atoms with Crippen molar-refractivity contribution < 1.29 is 13.2 Å². The van der Waals surface area contributed by atoms with Gasteiger partial charge in [0.2, 0.25) is 0 Å². The maximum Gasteiger partial charge on any atom is 0.154 e. The molecule has 2 N–H and O–H groups in total. The first-order chi connectivity index (χ1) is 8.98. The molecule has 0 spiro atoms. The summed E-state index contributed by atoms with van der Waals surface area (Å²) < 4.78 is 28.4. The van der Waals surface area contributed by atoms with E-state index in [1.807, 2.05) is 24.3 Å². The summed E-state index contributed by atoms with van der Waals surface area (Å²) in [7, 11) is -2.88. The lowest BCUT2D eigenvalue weighted by Gasteiger charge is -2.13. The fourth-order valence-electron chi connectivity index (χ4n) is 2.20. The highest BCUT2D eigenvalue weighted by molar-refractivity contribution is 7.91. The number of hydrogen-bond acceptors (Lipinski definition) is 4. The summed E-state index contributed by atoms with van der Waals surface area (Å²) in [4.78, 5) is 0. The Hall–Kier alpha value is -1.07. The van der Waals surface area contributed by atoms with Crippen LogP contribution in [0, 0.1) is 0 Å². The molecule has 0 radical (unpaired) electrons. The van der Waals surface area contributed by atoms with Gasteiger partial charge in [0, 0.05) is 6.04 Å². The first-order valence-electron chi connectivity index (χ1n) is 6.70. The molecule has 0 bridgehead atoms. The van der Waals surface area contributed by atoms with E-state index in [1.54, 1.807) is 0 Å². The number of benzene rings is 1. The van der Waals surface area contributed by atoms with E-state index in [0.29, 0.717) is 6.42 Å². The molecule has 4 nitrogen and oxygen atoms in total. The van der Waals surface area contributed by atoms with Crippen LogP contribution in [0.4, 0.5) is 0 Å². The van der Waals surface area contributed by atoms with Gasteiger partial charge in [-0.05, 0) is 37.0 Å². The Balaban J connectivity index is 1.92. The maximum atomic E-state index is 11.3. The van der Waals surface area contributed by atoms with Gasteiger partial charge < -0.3 is 10.5 Å². The SMILES string of the molecule is CCC(N)Cc1ccc(OC2CCS(=O)(=O)C2)cc1. The molecule has 1 aromatic carbocycles. The Morgan fingerprint density at radius 2 is 2.05 bits per heavy atom. The van der Waals surface area contributed by atoms with Gasteiger partial charge in [-0.25, -0.2) is 8.42 Å². The fraction of sp³-hybridized carbons (Fsp3) is 0.571. The summed E-state index contributed by atoms with van der Waals surface area (Å²) in [6.45, 7) is 2.07. The molecule has 19 heavy (non-hydrogen) atoms. The molecule has 2 atom stereocenters.